The van der Waals surface area contributed by atoms with Crippen LogP contribution < -0.4 is 19.7 Å². The molecular formula is C36H31AlO13. The van der Waals surface area contributed by atoms with Crippen molar-refractivity contribution in [2.24, 2.45) is 0 Å². The van der Waals surface area contributed by atoms with Crippen LogP contribution in [-0.4, -0.2) is 66.1 Å². The molecule has 4 rings (SSSR count). The van der Waals surface area contributed by atoms with Crippen LogP contribution in [0.4, 0.5) is 0 Å². The standard InChI is InChI=1S/2C18H16O6.Al.H2O/c2*1-10(19)13-7-8-14(18(22)23)17(16(13)11(2)20)24-9-12-5-3-4-6-15(12)21;;/h2*3-8,21H,9H2,1-2H3,(H,22,23);;1H2/q;;+3;/p-3. The third-order valence-electron chi connectivity index (χ3n) is 6.95. The third kappa shape index (κ3) is 10.1. The number of Topliss-reactive ketones (excluding diaryl/α,β-unsaturated/α-hetero) is 4. The molecule has 0 amide bonds. The summed E-state index contributed by atoms with van der Waals surface area (Å²) in [6.07, 6.45) is 0. The fraction of sp³-hybridized carbons (Fsp3) is 0.167. The zero-order valence-electron chi connectivity index (χ0n) is 27.3. The van der Waals surface area contributed by atoms with E-state index in [1.54, 1.807) is 36.4 Å². The fourth-order valence-electron chi connectivity index (χ4n) is 4.64. The van der Waals surface area contributed by atoms with Crippen LogP contribution in [0.1, 0.15) is 101 Å². The maximum atomic E-state index is 11.9. The third-order valence-corrected chi connectivity index (χ3v) is 6.95. The number of phenols is 2. The molecule has 4 aromatic carbocycles. The number of aromatic hydroxyl groups is 2. The maximum absolute atomic E-state index is 11.9. The van der Waals surface area contributed by atoms with Gasteiger partial charge in [0.1, 0.15) is 36.2 Å². The Morgan fingerprint density at radius 3 is 1.08 bits per heavy atom. The number of para-hydroxylation sites is 2. The monoisotopic (exact) mass is 698 g/mol. The molecule has 0 radical (unpaired) electrons. The molecule has 0 heterocycles. The van der Waals surface area contributed by atoms with Crippen molar-refractivity contribution < 1.29 is 62.8 Å². The van der Waals surface area contributed by atoms with E-state index in [9.17, 15) is 49.2 Å². The van der Waals surface area contributed by atoms with E-state index in [0.717, 1.165) is 0 Å². The normalized spacial score (nSPS) is 9.98. The molecule has 0 aliphatic carbocycles. The molecule has 13 nitrogen and oxygen atoms in total. The van der Waals surface area contributed by atoms with Crippen LogP contribution in [0, 0.1) is 0 Å². The number of carbonyl (C=O) groups is 6. The first-order chi connectivity index (χ1) is 23.6. The van der Waals surface area contributed by atoms with Gasteiger partial charge in [0.15, 0.2) is 23.1 Å². The second kappa shape index (κ2) is 18.7. The molecule has 0 fully saturated rings. The number of carbonyl (C=O) groups excluding carboxylic acids is 6. The Morgan fingerprint density at radius 1 is 0.520 bits per heavy atom. The van der Waals surface area contributed by atoms with Gasteiger partial charge in [-0.15, -0.1) is 0 Å². The zero-order chi connectivity index (χ0) is 37.7. The Hall–Kier alpha value is -5.81. The molecule has 0 spiro atoms. The molecule has 4 aromatic rings. The summed E-state index contributed by atoms with van der Waals surface area (Å²) in [5.41, 5.74) is 0.0640. The van der Waals surface area contributed by atoms with Gasteiger partial charge < -0.3 is 39.5 Å². The number of ketones is 4. The van der Waals surface area contributed by atoms with E-state index in [2.05, 4.69) is 0 Å². The van der Waals surface area contributed by atoms with E-state index in [0.29, 0.717) is 11.1 Å². The molecule has 14 heteroatoms. The van der Waals surface area contributed by atoms with Gasteiger partial charge in [0.25, 0.3) is 0 Å². The number of hydrogen-bond acceptors (Lipinski definition) is 13. The minimum absolute atomic E-state index is 0.0282. The average molecular weight is 699 g/mol. The van der Waals surface area contributed by atoms with Crippen LogP contribution in [-0.2, 0) is 13.2 Å². The van der Waals surface area contributed by atoms with Gasteiger partial charge in [-0.3, -0.25) is 19.2 Å². The van der Waals surface area contributed by atoms with E-state index in [1.807, 2.05) is 0 Å². The molecule has 0 unspecified atom stereocenters. The van der Waals surface area contributed by atoms with Crippen LogP contribution in [0.15, 0.2) is 72.8 Å². The fourth-order valence-corrected chi connectivity index (χ4v) is 4.64. The van der Waals surface area contributed by atoms with Crippen LogP contribution in [0.2, 0.25) is 0 Å². The number of ether oxygens (including phenoxy) is 2. The van der Waals surface area contributed by atoms with Gasteiger partial charge in [-0.1, -0.05) is 36.4 Å². The number of benzene rings is 4. The van der Waals surface area contributed by atoms with Crippen molar-refractivity contribution in [3.63, 3.8) is 0 Å². The molecule has 0 saturated heterocycles. The Kier molecular flexibility index (Phi) is 15.1. The molecule has 0 bridgehead atoms. The molecular weight excluding hydrogens is 667 g/mol. The molecule has 0 aliphatic rings. The topological polar surface area (TPSA) is 228 Å². The van der Waals surface area contributed by atoms with E-state index in [-0.39, 0.29) is 69.6 Å². The number of carboxylic acids is 2. The van der Waals surface area contributed by atoms with Gasteiger partial charge >= 0.3 is 20.8 Å². The van der Waals surface area contributed by atoms with Gasteiger partial charge in [0, 0.05) is 33.4 Å². The first-order valence-corrected chi connectivity index (χ1v) is 15.0. The number of aromatic carboxylic acids is 2. The second-order valence-corrected chi connectivity index (χ2v) is 10.4. The summed E-state index contributed by atoms with van der Waals surface area (Å²) < 4.78 is 17.9. The Bertz CT molecular complexity index is 1790. The SMILES string of the molecule is CC(=O)c1ccc(C(=O)[O-])c(OCc2ccccc2O)c1C(C)=O.CC(=O)c1ccc(C(=O)[O-])c(OCc2ccccc2O)c1C(C)=O.[OH][Al+2]. The van der Waals surface area contributed by atoms with Gasteiger partial charge in [0.2, 0.25) is 0 Å². The predicted octanol–water partition coefficient (Wildman–Crippen LogP) is 2.54. The summed E-state index contributed by atoms with van der Waals surface area (Å²) in [7, 11) is 0. The van der Waals surface area contributed by atoms with Gasteiger partial charge in [0.05, 0.1) is 23.1 Å². The molecule has 0 atom stereocenters. The Morgan fingerprint density at radius 2 is 0.820 bits per heavy atom. The van der Waals surface area contributed by atoms with Gasteiger partial charge in [-0.25, -0.2) is 0 Å². The van der Waals surface area contributed by atoms with Crippen molar-refractivity contribution in [2.45, 2.75) is 40.9 Å². The van der Waals surface area contributed by atoms with Crippen molar-refractivity contribution in [1.82, 2.24) is 0 Å². The van der Waals surface area contributed by atoms with Crippen LogP contribution in [0.3, 0.4) is 0 Å². The molecule has 0 aromatic heterocycles. The molecule has 0 saturated carbocycles. The second-order valence-electron chi connectivity index (χ2n) is 10.4. The average Bonchev–Trinajstić information content (AvgIpc) is 3.07. The summed E-state index contributed by atoms with van der Waals surface area (Å²) in [6.45, 7) is 4.63. The zero-order valence-corrected chi connectivity index (χ0v) is 28.5. The summed E-state index contributed by atoms with van der Waals surface area (Å²) >= 11 is 1.42. The predicted molar refractivity (Wildman–Crippen MR) is 174 cm³/mol. The summed E-state index contributed by atoms with van der Waals surface area (Å²) in [4.78, 5) is 70.0. The number of phenolic OH excluding ortho intramolecular Hbond substituents is 2. The molecule has 256 valence electrons. The van der Waals surface area contributed by atoms with Crippen molar-refractivity contribution in [2.75, 3.05) is 0 Å². The van der Waals surface area contributed by atoms with Crippen LogP contribution in [0.5, 0.6) is 23.0 Å². The van der Waals surface area contributed by atoms with Crippen molar-refractivity contribution in [1.29, 1.82) is 0 Å². The van der Waals surface area contributed by atoms with Gasteiger partial charge in [-0.05, 0) is 64.1 Å². The summed E-state index contributed by atoms with van der Waals surface area (Å²) in [5.74, 6) is -5.38. The Labute approximate surface area is 295 Å². The van der Waals surface area contributed by atoms with Crippen molar-refractivity contribution >= 4 is 51.7 Å². The summed E-state index contributed by atoms with van der Waals surface area (Å²) in [5, 5.41) is 42.2. The Balaban J connectivity index is 0.000000330. The van der Waals surface area contributed by atoms with Crippen LogP contribution in [0.25, 0.3) is 0 Å². The van der Waals surface area contributed by atoms with E-state index >= 15 is 0 Å². The number of hydrogen-bond donors (Lipinski definition) is 3. The molecule has 50 heavy (non-hydrogen) atoms. The van der Waals surface area contributed by atoms with Gasteiger partial charge in [-0.2, -0.15) is 0 Å². The quantitative estimate of drug-likeness (QED) is 0.143. The summed E-state index contributed by atoms with van der Waals surface area (Å²) in [6, 6.07) is 17.6. The first-order valence-electron chi connectivity index (χ1n) is 14.5. The van der Waals surface area contributed by atoms with E-state index in [4.69, 9.17) is 13.6 Å². The molecule has 0 aliphatic heterocycles. The van der Waals surface area contributed by atoms with E-state index < -0.39 is 35.1 Å². The molecule has 3 N–H and O–H groups in total. The minimum atomic E-state index is -1.53. The first kappa shape index (κ1) is 40.4. The number of rotatable bonds is 12. The van der Waals surface area contributed by atoms with Crippen LogP contribution >= 0.6 is 0 Å². The van der Waals surface area contributed by atoms with Crippen molar-refractivity contribution in [3.8, 4) is 23.0 Å². The van der Waals surface area contributed by atoms with Crippen molar-refractivity contribution in [3.05, 3.63) is 117 Å². The van der Waals surface area contributed by atoms with E-state index in [1.165, 1.54) is 80.7 Å². The number of carboxylic acid groups (broad SMARTS) is 2.